The number of amides is 1. The Bertz CT molecular complexity index is 1780. The third kappa shape index (κ3) is 7.52. The lowest BCUT2D eigenvalue weighted by Crippen LogP contribution is -2.49. The van der Waals surface area contributed by atoms with Gasteiger partial charge in [0.05, 0.1) is 14.2 Å². The zero-order valence-corrected chi connectivity index (χ0v) is 27.9. The van der Waals surface area contributed by atoms with Crippen LogP contribution in [-0.4, -0.2) is 57.0 Å². The summed E-state index contributed by atoms with van der Waals surface area (Å²) in [6, 6.07) is 28.9. The molecule has 8 nitrogen and oxygen atoms in total. The number of fused-ring (bicyclic) bond motifs is 3. The van der Waals surface area contributed by atoms with Crippen LogP contribution in [0.5, 0.6) is 17.2 Å². The van der Waals surface area contributed by atoms with Gasteiger partial charge in [0, 0.05) is 12.5 Å². The number of hydrogen-bond acceptors (Lipinski definition) is 7. The standard InChI is InChI=1S/C41H41NO7/c1-4-24-47-39-25-28(20-22-38(39)46-3)19-21-37(29-12-11-13-30(26-29)45-2)49-40(43)36-18-9-10-23-42(36)41(44)48-27-35-33-16-7-5-14-31(33)32-15-6-8-17-34(32)35/h1,5-8,11-17,20,22,25-26,35-37H,9-10,18-19,21,23-24,27H2,2-3H3/t36?,37-/m1/s1. The van der Waals surface area contributed by atoms with E-state index in [1.165, 1.54) is 0 Å². The van der Waals surface area contributed by atoms with E-state index in [0.717, 1.165) is 46.2 Å². The van der Waals surface area contributed by atoms with E-state index in [9.17, 15) is 9.59 Å². The summed E-state index contributed by atoms with van der Waals surface area (Å²) < 4.78 is 28.8. The number of nitrogens with zero attached hydrogens (tertiary/aromatic N) is 1. The molecule has 4 aromatic carbocycles. The van der Waals surface area contributed by atoms with Crippen molar-refractivity contribution in [2.45, 2.75) is 50.2 Å². The molecule has 49 heavy (non-hydrogen) atoms. The van der Waals surface area contributed by atoms with E-state index >= 15 is 0 Å². The van der Waals surface area contributed by atoms with Gasteiger partial charge >= 0.3 is 12.1 Å². The van der Waals surface area contributed by atoms with Crippen LogP contribution in [0.1, 0.15) is 60.0 Å². The molecule has 0 N–H and O–H groups in total. The topological polar surface area (TPSA) is 83.5 Å². The van der Waals surface area contributed by atoms with Crippen LogP contribution in [0.15, 0.2) is 91.0 Å². The third-order valence-electron chi connectivity index (χ3n) is 9.30. The number of carbonyl (C=O) groups is 2. The summed E-state index contributed by atoms with van der Waals surface area (Å²) in [4.78, 5) is 29.1. The Morgan fingerprint density at radius 1 is 0.878 bits per heavy atom. The summed E-state index contributed by atoms with van der Waals surface area (Å²) in [5, 5.41) is 0. The van der Waals surface area contributed by atoms with Crippen LogP contribution in [0.3, 0.4) is 0 Å². The Morgan fingerprint density at radius 3 is 2.35 bits per heavy atom. The van der Waals surface area contributed by atoms with Gasteiger partial charge in [-0.2, -0.15) is 0 Å². The van der Waals surface area contributed by atoms with E-state index in [1.54, 1.807) is 19.1 Å². The maximum atomic E-state index is 13.9. The molecule has 1 aliphatic carbocycles. The molecule has 0 radical (unpaired) electrons. The number of terminal acetylenes is 1. The van der Waals surface area contributed by atoms with Gasteiger partial charge in [-0.3, -0.25) is 4.90 Å². The van der Waals surface area contributed by atoms with Crippen LogP contribution < -0.4 is 14.2 Å². The largest absolute Gasteiger partial charge is 0.497 e. The molecule has 8 heteroatoms. The highest BCUT2D eigenvalue weighted by molar-refractivity contribution is 5.82. The summed E-state index contributed by atoms with van der Waals surface area (Å²) >= 11 is 0. The second-order valence-corrected chi connectivity index (χ2v) is 12.2. The first kappa shape index (κ1) is 33.5. The first-order valence-electron chi connectivity index (χ1n) is 16.7. The lowest BCUT2D eigenvalue weighted by atomic mass is 9.98. The van der Waals surface area contributed by atoms with Gasteiger partial charge in [0.25, 0.3) is 0 Å². The molecule has 0 bridgehead atoms. The lowest BCUT2D eigenvalue weighted by Gasteiger charge is -2.34. The van der Waals surface area contributed by atoms with Crippen molar-refractivity contribution in [3.63, 3.8) is 0 Å². The van der Waals surface area contributed by atoms with E-state index in [4.69, 9.17) is 30.1 Å². The van der Waals surface area contributed by atoms with Gasteiger partial charge in [-0.15, -0.1) is 6.42 Å². The van der Waals surface area contributed by atoms with Gasteiger partial charge in [0.15, 0.2) is 11.5 Å². The number of aryl methyl sites for hydroxylation is 1. The van der Waals surface area contributed by atoms with Crippen molar-refractivity contribution < 1.29 is 33.3 Å². The molecule has 1 heterocycles. The fourth-order valence-electron chi connectivity index (χ4n) is 6.83. The van der Waals surface area contributed by atoms with Crippen LogP contribution in [0, 0.1) is 12.3 Å². The van der Waals surface area contributed by atoms with Gasteiger partial charge in [0.2, 0.25) is 0 Å². The predicted octanol–water partition coefficient (Wildman–Crippen LogP) is 7.74. The monoisotopic (exact) mass is 659 g/mol. The first-order chi connectivity index (χ1) is 24.0. The molecule has 1 unspecified atom stereocenters. The summed E-state index contributed by atoms with van der Waals surface area (Å²) in [7, 11) is 3.18. The van der Waals surface area contributed by atoms with Crippen molar-refractivity contribution in [1.29, 1.82) is 0 Å². The Balaban J connectivity index is 1.17. The van der Waals surface area contributed by atoms with Gasteiger partial charge in [0.1, 0.15) is 31.1 Å². The van der Waals surface area contributed by atoms with Crippen molar-refractivity contribution in [3.8, 4) is 40.7 Å². The Labute approximate surface area is 287 Å². The molecule has 0 aromatic heterocycles. The smallest absolute Gasteiger partial charge is 0.410 e. The molecule has 0 saturated carbocycles. The minimum absolute atomic E-state index is 0.0700. The molecule has 6 rings (SSSR count). The maximum absolute atomic E-state index is 13.9. The summed E-state index contributed by atoms with van der Waals surface area (Å²) in [6.07, 6.45) is 7.47. The molecule has 1 fully saturated rings. The van der Waals surface area contributed by atoms with E-state index in [2.05, 4.69) is 30.2 Å². The summed E-state index contributed by atoms with van der Waals surface area (Å²) in [5.74, 6) is 3.75. The van der Waals surface area contributed by atoms with Gasteiger partial charge in [-0.1, -0.05) is 72.7 Å². The first-order valence-corrected chi connectivity index (χ1v) is 16.7. The third-order valence-corrected chi connectivity index (χ3v) is 9.30. The molecular weight excluding hydrogens is 618 g/mol. The molecular formula is C41H41NO7. The number of esters is 1. The molecule has 0 spiro atoms. The Morgan fingerprint density at radius 2 is 1.63 bits per heavy atom. The highest BCUT2D eigenvalue weighted by Gasteiger charge is 2.37. The number of methoxy groups -OCH3 is 2. The van der Waals surface area contributed by atoms with Crippen molar-refractivity contribution >= 4 is 12.1 Å². The molecule has 4 aromatic rings. The highest BCUT2D eigenvalue weighted by Crippen LogP contribution is 2.44. The number of carbonyl (C=O) groups excluding carboxylic acids is 2. The Hall–Kier alpha value is -5.42. The fraction of sp³-hybridized carbons (Fsp3) is 0.317. The predicted molar refractivity (Wildman–Crippen MR) is 187 cm³/mol. The molecule has 1 saturated heterocycles. The number of likely N-dealkylation sites (tertiary alicyclic amines) is 1. The van der Waals surface area contributed by atoms with Crippen LogP contribution in [-0.2, 0) is 20.7 Å². The number of rotatable bonds is 12. The van der Waals surface area contributed by atoms with Crippen molar-refractivity contribution in [2.24, 2.45) is 0 Å². The highest BCUT2D eigenvalue weighted by atomic mass is 16.6. The number of benzene rings is 4. The number of hydrogen-bond donors (Lipinski definition) is 0. The van der Waals surface area contributed by atoms with E-state index in [-0.39, 0.29) is 19.1 Å². The molecule has 1 aliphatic heterocycles. The van der Waals surface area contributed by atoms with Crippen LogP contribution in [0.4, 0.5) is 4.79 Å². The van der Waals surface area contributed by atoms with E-state index in [0.29, 0.717) is 43.1 Å². The van der Waals surface area contributed by atoms with Gasteiger partial charge in [-0.05, 0) is 89.8 Å². The number of piperidine rings is 1. The second-order valence-electron chi connectivity index (χ2n) is 12.2. The lowest BCUT2D eigenvalue weighted by molar-refractivity contribution is -0.157. The number of ether oxygens (including phenoxy) is 5. The van der Waals surface area contributed by atoms with Gasteiger partial charge < -0.3 is 23.7 Å². The zero-order valence-electron chi connectivity index (χ0n) is 27.9. The normalized spacial score (nSPS) is 15.7. The van der Waals surface area contributed by atoms with E-state index < -0.39 is 24.2 Å². The summed E-state index contributed by atoms with van der Waals surface area (Å²) in [5.41, 5.74) is 6.36. The SMILES string of the molecule is C#CCOc1cc(CC[C@@H](OC(=O)C2CCCCN2C(=O)OCC2c3ccccc3-c3ccccc32)c2cccc(OC)c2)ccc1OC. The molecule has 252 valence electrons. The van der Waals surface area contributed by atoms with Gasteiger partial charge in [-0.25, -0.2) is 9.59 Å². The van der Waals surface area contributed by atoms with Crippen molar-refractivity contribution in [2.75, 3.05) is 34.0 Å². The van der Waals surface area contributed by atoms with Crippen molar-refractivity contribution in [3.05, 3.63) is 113 Å². The Kier molecular flexibility index (Phi) is 10.7. The fourth-order valence-corrected chi connectivity index (χ4v) is 6.83. The molecule has 2 atom stereocenters. The van der Waals surface area contributed by atoms with E-state index in [1.807, 2.05) is 66.7 Å². The summed E-state index contributed by atoms with van der Waals surface area (Å²) in [6.45, 7) is 0.727. The minimum atomic E-state index is -0.748. The average Bonchev–Trinajstić information content (AvgIpc) is 3.47. The average molecular weight is 660 g/mol. The van der Waals surface area contributed by atoms with Crippen LogP contribution >= 0.6 is 0 Å². The second kappa shape index (κ2) is 15.7. The quantitative estimate of drug-likeness (QED) is 0.114. The maximum Gasteiger partial charge on any atom is 0.410 e. The molecule has 1 amide bonds. The molecule has 2 aliphatic rings. The van der Waals surface area contributed by atoms with Crippen LogP contribution in [0.2, 0.25) is 0 Å². The van der Waals surface area contributed by atoms with Crippen molar-refractivity contribution in [1.82, 2.24) is 4.90 Å². The van der Waals surface area contributed by atoms with Crippen LogP contribution in [0.25, 0.3) is 11.1 Å². The zero-order chi connectivity index (χ0) is 34.2. The minimum Gasteiger partial charge on any atom is -0.497 e.